The van der Waals surface area contributed by atoms with E-state index in [2.05, 4.69) is 15.9 Å². The molecule has 82 valence electrons. The number of rotatable bonds is 3. The van der Waals surface area contributed by atoms with Gasteiger partial charge in [0.05, 0.1) is 10.1 Å². The topological polar surface area (TPSA) is 29.5 Å². The lowest BCUT2D eigenvalue weighted by Crippen LogP contribution is -2.42. The van der Waals surface area contributed by atoms with E-state index < -0.39 is 5.60 Å². The van der Waals surface area contributed by atoms with E-state index in [9.17, 15) is 9.50 Å². The van der Waals surface area contributed by atoms with Crippen LogP contribution >= 0.6 is 15.9 Å². The highest BCUT2D eigenvalue weighted by Crippen LogP contribution is 2.32. The molecule has 0 bridgehead atoms. The van der Waals surface area contributed by atoms with Crippen molar-refractivity contribution in [2.24, 2.45) is 0 Å². The summed E-state index contributed by atoms with van der Waals surface area (Å²) in [7, 11) is 0. The van der Waals surface area contributed by atoms with Gasteiger partial charge in [-0.1, -0.05) is 0 Å². The molecule has 15 heavy (non-hydrogen) atoms. The normalized spacial score (nSPS) is 18.3. The zero-order valence-corrected chi connectivity index (χ0v) is 9.76. The van der Waals surface area contributed by atoms with Crippen LogP contribution in [0.5, 0.6) is 5.75 Å². The summed E-state index contributed by atoms with van der Waals surface area (Å²) in [5.41, 5.74) is -0.691. The van der Waals surface area contributed by atoms with E-state index in [1.807, 2.05) is 0 Å². The number of ether oxygens (including phenoxy) is 1. The Morgan fingerprint density at radius 3 is 2.73 bits per heavy atom. The van der Waals surface area contributed by atoms with Gasteiger partial charge in [0.15, 0.2) is 0 Å². The molecule has 0 heterocycles. The first-order valence-corrected chi connectivity index (χ1v) is 5.69. The van der Waals surface area contributed by atoms with Crippen LogP contribution in [0.25, 0.3) is 0 Å². The minimum Gasteiger partial charge on any atom is -0.490 e. The zero-order valence-electron chi connectivity index (χ0n) is 8.17. The summed E-state index contributed by atoms with van der Waals surface area (Å²) in [6.45, 7) is 0.244. The molecule has 0 amide bonds. The SMILES string of the molecule is OC1(COc2ccc(Br)c(F)c2)CCC1. The molecule has 0 saturated heterocycles. The standard InChI is InChI=1S/C11H12BrFO2/c12-9-3-2-8(6-10(9)13)15-7-11(14)4-1-5-11/h2-3,6,14H,1,4-5,7H2. The first kappa shape index (κ1) is 10.9. The van der Waals surface area contributed by atoms with E-state index in [0.717, 1.165) is 19.3 Å². The highest BCUT2D eigenvalue weighted by Gasteiger charge is 2.35. The predicted molar refractivity (Wildman–Crippen MR) is 58.4 cm³/mol. The molecule has 1 fully saturated rings. The lowest BCUT2D eigenvalue weighted by molar-refractivity contribution is -0.0664. The van der Waals surface area contributed by atoms with E-state index >= 15 is 0 Å². The van der Waals surface area contributed by atoms with Gasteiger partial charge in [-0.15, -0.1) is 0 Å². The van der Waals surface area contributed by atoms with Crippen molar-refractivity contribution >= 4 is 15.9 Å². The molecule has 1 aromatic rings. The van der Waals surface area contributed by atoms with E-state index in [1.54, 1.807) is 12.1 Å². The number of halogens is 2. The summed E-state index contributed by atoms with van der Waals surface area (Å²) < 4.78 is 18.9. The van der Waals surface area contributed by atoms with Crippen molar-refractivity contribution in [2.45, 2.75) is 24.9 Å². The van der Waals surface area contributed by atoms with Gasteiger partial charge in [-0.05, 0) is 47.3 Å². The Kier molecular flexibility index (Phi) is 2.98. The Labute approximate surface area is 96.2 Å². The van der Waals surface area contributed by atoms with Crippen LogP contribution in [-0.2, 0) is 0 Å². The molecule has 1 saturated carbocycles. The van der Waals surface area contributed by atoms with Crippen molar-refractivity contribution in [1.29, 1.82) is 0 Å². The van der Waals surface area contributed by atoms with E-state index in [1.165, 1.54) is 6.07 Å². The van der Waals surface area contributed by atoms with Crippen LogP contribution in [0.3, 0.4) is 0 Å². The number of benzene rings is 1. The van der Waals surface area contributed by atoms with Gasteiger partial charge in [-0.3, -0.25) is 0 Å². The van der Waals surface area contributed by atoms with Gasteiger partial charge in [0.2, 0.25) is 0 Å². The predicted octanol–water partition coefficient (Wildman–Crippen LogP) is 2.88. The lowest BCUT2D eigenvalue weighted by atomic mass is 9.81. The molecule has 2 rings (SSSR count). The van der Waals surface area contributed by atoms with Crippen molar-refractivity contribution in [2.75, 3.05) is 6.61 Å². The Morgan fingerprint density at radius 1 is 1.47 bits per heavy atom. The van der Waals surface area contributed by atoms with E-state index in [0.29, 0.717) is 10.2 Å². The Bertz CT molecular complexity index is 364. The summed E-state index contributed by atoms with van der Waals surface area (Å²) in [6, 6.07) is 4.58. The van der Waals surface area contributed by atoms with Crippen molar-refractivity contribution in [1.82, 2.24) is 0 Å². The molecule has 1 aliphatic carbocycles. The third kappa shape index (κ3) is 2.49. The van der Waals surface area contributed by atoms with Gasteiger partial charge in [0.1, 0.15) is 18.2 Å². The van der Waals surface area contributed by atoms with E-state index in [4.69, 9.17) is 4.74 Å². The molecular formula is C11H12BrFO2. The number of aliphatic hydroxyl groups is 1. The third-order valence-corrected chi connectivity index (χ3v) is 3.33. The van der Waals surface area contributed by atoms with Gasteiger partial charge in [0.25, 0.3) is 0 Å². The average molecular weight is 275 g/mol. The highest BCUT2D eigenvalue weighted by molar-refractivity contribution is 9.10. The number of hydrogen-bond donors (Lipinski definition) is 1. The second kappa shape index (κ2) is 4.10. The minimum atomic E-state index is -0.691. The van der Waals surface area contributed by atoms with Crippen molar-refractivity contribution in [3.05, 3.63) is 28.5 Å². The quantitative estimate of drug-likeness (QED) is 0.919. The van der Waals surface area contributed by atoms with Crippen LogP contribution < -0.4 is 4.74 Å². The van der Waals surface area contributed by atoms with Gasteiger partial charge in [-0.25, -0.2) is 4.39 Å². The minimum absolute atomic E-state index is 0.244. The first-order valence-electron chi connectivity index (χ1n) is 4.89. The first-order chi connectivity index (χ1) is 7.09. The van der Waals surface area contributed by atoms with Crippen LogP contribution in [0, 0.1) is 5.82 Å². The van der Waals surface area contributed by atoms with Crippen molar-refractivity contribution in [3.63, 3.8) is 0 Å². The molecule has 0 aliphatic heterocycles. The van der Waals surface area contributed by atoms with Crippen LogP contribution in [0.2, 0.25) is 0 Å². The molecular weight excluding hydrogens is 263 g/mol. The summed E-state index contributed by atoms with van der Waals surface area (Å²) in [5.74, 6) is 0.101. The van der Waals surface area contributed by atoms with E-state index in [-0.39, 0.29) is 12.4 Å². The van der Waals surface area contributed by atoms with Gasteiger partial charge in [0, 0.05) is 6.07 Å². The summed E-state index contributed by atoms with van der Waals surface area (Å²) in [6.07, 6.45) is 2.58. The summed E-state index contributed by atoms with van der Waals surface area (Å²) in [4.78, 5) is 0. The fourth-order valence-corrected chi connectivity index (χ4v) is 1.76. The fourth-order valence-electron chi connectivity index (χ4n) is 1.51. The second-order valence-electron chi connectivity index (χ2n) is 3.94. The van der Waals surface area contributed by atoms with Crippen LogP contribution in [0.4, 0.5) is 4.39 Å². The fraction of sp³-hybridized carbons (Fsp3) is 0.455. The van der Waals surface area contributed by atoms with Gasteiger partial charge >= 0.3 is 0 Å². The molecule has 0 spiro atoms. The maximum atomic E-state index is 13.1. The largest absolute Gasteiger partial charge is 0.490 e. The van der Waals surface area contributed by atoms with Gasteiger partial charge < -0.3 is 9.84 Å². The molecule has 1 aromatic carbocycles. The monoisotopic (exact) mass is 274 g/mol. The number of hydrogen-bond acceptors (Lipinski definition) is 2. The third-order valence-electron chi connectivity index (χ3n) is 2.68. The molecule has 0 aromatic heterocycles. The lowest BCUT2D eigenvalue weighted by Gasteiger charge is -2.35. The smallest absolute Gasteiger partial charge is 0.141 e. The van der Waals surface area contributed by atoms with Crippen molar-refractivity contribution < 1.29 is 14.2 Å². The second-order valence-corrected chi connectivity index (χ2v) is 4.80. The molecule has 0 radical (unpaired) electrons. The molecule has 0 atom stereocenters. The van der Waals surface area contributed by atoms with Crippen LogP contribution in [0.1, 0.15) is 19.3 Å². The summed E-state index contributed by atoms with van der Waals surface area (Å²) in [5, 5.41) is 9.77. The Morgan fingerprint density at radius 2 is 2.20 bits per heavy atom. The Hall–Kier alpha value is -0.610. The van der Waals surface area contributed by atoms with Crippen LogP contribution in [0.15, 0.2) is 22.7 Å². The molecule has 2 nitrogen and oxygen atoms in total. The Balaban J connectivity index is 1.96. The highest BCUT2D eigenvalue weighted by atomic mass is 79.9. The van der Waals surface area contributed by atoms with Crippen LogP contribution in [-0.4, -0.2) is 17.3 Å². The molecule has 1 aliphatic rings. The average Bonchev–Trinajstić information content (AvgIpc) is 2.17. The molecule has 4 heteroatoms. The van der Waals surface area contributed by atoms with Gasteiger partial charge in [-0.2, -0.15) is 0 Å². The maximum absolute atomic E-state index is 13.1. The van der Waals surface area contributed by atoms with Crippen molar-refractivity contribution in [3.8, 4) is 5.75 Å². The zero-order chi connectivity index (χ0) is 10.9. The molecule has 0 unspecified atom stereocenters. The summed E-state index contributed by atoms with van der Waals surface area (Å²) >= 11 is 3.06. The molecule has 1 N–H and O–H groups in total. The maximum Gasteiger partial charge on any atom is 0.141 e.